The Hall–Kier alpha value is -0.610. The first-order valence-corrected chi connectivity index (χ1v) is 15.9. The molecule has 216 valence electrons. The van der Waals surface area contributed by atoms with Gasteiger partial charge in [0.15, 0.2) is 0 Å². The zero-order chi connectivity index (χ0) is 27.0. The SMILES string of the molecule is CCCCCCCCCCCCCCCCC(C)(O)C[N+](C)(C)CCCCCCCCCCC(=O)[O-]. The molecule has 0 heterocycles. The van der Waals surface area contributed by atoms with Crippen LogP contribution >= 0.6 is 0 Å². The van der Waals surface area contributed by atoms with Crippen LogP contribution in [-0.4, -0.2) is 48.3 Å². The monoisotopic (exact) mass is 511 g/mol. The number of carboxylic acids is 1. The highest BCUT2D eigenvalue weighted by Crippen LogP contribution is 2.21. The molecule has 1 N–H and O–H groups in total. The summed E-state index contributed by atoms with van der Waals surface area (Å²) in [6.45, 7) is 6.28. The maximum atomic E-state index is 11.0. The molecule has 0 saturated carbocycles. The van der Waals surface area contributed by atoms with Gasteiger partial charge in [-0.3, -0.25) is 0 Å². The Morgan fingerprint density at radius 1 is 0.639 bits per heavy atom. The van der Waals surface area contributed by atoms with Crippen LogP contribution in [-0.2, 0) is 4.79 Å². The molecule has 0 bridgehead atoms. The van der Waals surface area contributed by atoms with Crippen LogP contribution in [0.2, 0.25) is 0 Å². The molecule has 0 aliphatic rings. The number of hydrogen-bond donors (Lipinski definition) is 1. The molecule has 0 saturated heterocycles. The molecule has 1 atom stereocenters. The van der Waals surface area contributed by atoms with E-state index in [1.54, 1.807) is 0 Å². The van der Waals surface area contributed by atoms with Gasteiger partial charge in [-0.2, -0.15) is 0 Å². The third-order valence-electron chi connectivity index (χ3n) is 7.73. The summed E-state index contributed by atoms with van der Waals surface area (Å²) in [5.41, 5.74) is -0.563. The topological polar surface area (TPSA) is 60.4 Å². The predicted molar refractivity (Wildman–Crippen MR) is 154 cm³/mol. The summed E-state index contributed by atoms with van der Waals surface area (Å²) in [4.78, 5) is 10.4. The Morgan fingerprint density at radius 2 is 1.00 bits per heavy atom. The lowest BCUT2D eigenvalue weighted by molar-refractivity contribution is -0.896. The summed E-state index contributed by atoms with van der Waals surface area (Å²) in [6.07, 6.45) is 29.4. The maximum absolute atomic E-state index is 11.0. The van der Waals surface area contributed by atoms with Crippen molar-refractivity contribution in [3.8, 4) is 0 Å². The van der Waals surface area contributed by atoms with Gasteiger partial charge < -0.3 is 19.5 Å². The molecule has 0 aromatic rings. The van der Waals surface area contributed by atoms with Crippen LogP contribution in [0.15, 0.2) is 0 Å². The van der Waals surface area contributed by atoms with E-state index >= 15 is 0 Å². The minimum Gasteiger partial charge on any atom is -0.550 e. The van der Waals surface area contributed by atoms with Crippen LogP contribution in [0.5, 0.6) is 0 Å². The van der Waals surface area contributed by atoms with Gasteiger partial charge in [0.1, 0.15) is 12.1 Å². The molecule has 4 heteroatoms. The number of aliphatic carboxylic acids is 1. The summed E-state index contributed by atoms with van der Waals surface area (Å²) in [6, 6.07) is 0. The van der Waals surface area contributed by atoms with E-state index in [2.05, 4.69) is 21.0 Å². The first kappa shape index (κ1) is 35.4. The third kappa shape index (κ3) is 26.5. The summed E-state index contributed by atoms with van der Waals surface area (Å²) >= 11 is 0. The quantitative estimate of drug-likeness (QED) is 0.0856. The van der Waals surface area contributed by atoms with Crippen LogP contribution < -0.4 is 5.11 Å². The number of nitrogens with zero attached hydrogens (tertiary/aromatic N) is 1. The Kier molecular flexibility index (Phi) is 23.1. The molecule has 0 radical (unpaired) electrons. The smallest absolute Gasteiger partial charge is 0.111 e. The van der Waals surface area contributed by atoms with Crippen molar-refractivity contribution in [3.05, 3.63) is 0 Å². The first-order valence-electron chi connectivity index (χ1n) is 15.9. The number of likely N-dealkylation sites (N-methyl/N-ethyl adjacent to an activating group) is 1. The van der Waals surface area contributed by atoms with Crippen LogP contribution in [0, 0.1) is 0 Å². The molecule has 4 nitrogen and oxygen atoms in total. The highest BCUT2D eigenvalue weighted by Gasteiger charge is 2.29. The Bertz CT molecular complexity index is 490. The third-order valence-corrected chi connectivity index (χ3v) is 7.73. The molecule has 0 fully saturated rings. The fourth-order valence-corrected chi connectivity index (χ4v) is 5.65. The van der Waals surface area contributed by atoms with Gasteiger partial charge in [0.05, 0.1) is 20.6 Å². The van der Waals surface area contributed by atoms with E-state index in [0.717, 1.165) is 49.7 Å². The lowest BCUT2D eigenvalue weighted by atomic mass is 9.96. The van der Waals surface area contributed by atoms with Crippen LogP contribution in [0.3, 0.4) is 0 Å². The van der Waals surface area contributed by atoms with Gasteiger partial charge in [-0.1, -0.05) is 129 Å². The zero-order valence-corrected chi connectivity index (χ0v) is 25.1. The predicted octanol–water partition coefficient (Wildman–Crippen LogP) is 7.95. The van der Waals surface area contributed by atoms with E-state index < -0.39 is 11.6 Å². The van der Waals surface area contributed by atoms with Crippen LogP contribution in [0.1, 0.15) is 168 Å². The Balaban J connectivity index is 3.60. The number of quaternary nitrogens is 1. The molecule has 1 unspecified atom stereocenters. The minimum atomic E-state index is -0.922. The zero-order valence-electron chi connectivity index (χ0n) is 25.1. The number of hydrogen-bond acceptors (Lipinski definition) is 3. The van der Waals surface area contributed by atoms with Crippen molar-refractivity contribution in [2.24, 2.45) is 0 Å². The van der Waals surface area contributed by atoms with Crippen LogP contribution in [0.4, 0.5) is 0 Å². The lowest BCUT2D eigenvalue weighted by Gasteiger charge is -2.36. The van der Waals surface area contributed by atoms with Gasteiger partial charge in [0, 0.05) is 5.97 Å². The minimum absolute atomic E-state index is 0.205. The molecule has 0 rings (SSSR count). The molecular formula is C32H65NO3. The van der Waals surface area contributed by atoms with Crippen molar-refractivity contribution in [2.75, 3.05) is 27.2 Å². The van der Waals surface area contributed by atoms with Crippen molar-refractivity contribution in [2.45, 2.75) is 174 Å². The average Bonchev–Trinajstić information content (AvgIpc) is 2.79. The number of aliphatic hydroxyl groups is 1. The number of unbranched alkanes of at least 4 members (excludes halogenated alkanes) is 20. The van der Waals surface area contributed by atoms with E-state index in [1.807, 2.05) is 6.92 Å². The average molecular weight is 512 g/mol. The van der Waals surface area contributed by atoms with Crippen molar-refractivity contribution >= 4 is 5.97 Å². The van der Waals surface area contributed by atoms with Crippen LogP contribution in [0.25, 0.3) is 0 Å². The van der Waals surface area contributed by atoms with E-state index in [9.17, 15) is 15.0 Å². The number of carbonyl (C=O) groups is 1. The number of carbonyl (C=O) groups excluding carboxylic acids is 1. The molecule has 0 aliphatic heterocycles. The van der Waals surface area contributed by atoms with E-state index in [1.165, 1.54) is 116 Å². The standard InChI is InChI=1S/C32H65NO3/c1-5-6-7-8-9-10-11-12-13-14-16-19-22-25-28-32(2,36)30-33(3,4)29-26-23-20-17-15-18-21-24-27-31(34)35/h36H,5-30H2,1-4H3. The molecule has 36 heavy (non-hydrogen) atoms. The highest BCUT2D eigenvalue weighted by atomic mass is 16.4. The molecular weight excluding hydrogens is 446 g/mol. The summed E-state index contributed by atoms with van der Waals surface area (Å²) in [7, 11) is 4.52. The van der Waals surface area contributed by atoms with E-state index in [4.69, 9.17) is 0 Å². The number of rotatable bonds is 28. The summed E-state index contributed by atoms with van der Waals surface area (Å²) in [5, 5.41) is 21.4. The van der Waals surface area contributed by atoms with Gasteiger partial charge in [-0.15, -0.1) is 0 Å². The fourth-order valence-electron chi connectivity index (χ4n) is 5.65. The van der Waals surface area contributed by atoms with Gasteiger partial charge in [0.2, 0.25) is 0 Å². The van der Waals surface area contributed by atoms with Gasteiger partial charge in [-0.05, 0) is 39.0 Å². The van der Waals surface area contributed by atoms with Crippen molar-refractivity contribution in [1.29, 1.82) is 0 Å². The maximum Gasteiger partial charge on any atom is 0.111 e. The largest absolute Gasteiger partial charge is 0.550 e. The second-order valence-corrected chi connectivity index (χ2v) is 12.6. The second-order valence-electron chi connectivity index (χ2n) is 12.6. The molecule has 0 aliphatic carbocycles. The van der Waals surface area contributed by atoms with Crippen molar-refractivity contribution in [1.82, 2.24) is 0 Å². The summed E-state index contributed by atoms with van der Waals surface area (Å²) in [5.74, 6) is -0.922. The second kappa shape index (κ2) is 23.5. The molecule has 0 aromatic heterocycles. The highest BCUT2D eigenvalue weighted by molar-refractivity contribution is 5.64. The summed E-state index contributed by atoms with van der Waals surface area (Å²) < 4.78 is 0.898. The van der Waals surface area contributed by atoms with Crippen molar-refractivity contribution < 1.29 is 19.5 Å². The molecule has 0 amide bonds. The van der Waals surface area contributed by atoms with Gasteiger partial charge >= 0.3 is 0 Å². The number of carboxylic acid groups (broad SMARTS) is 1. The first-order chi connectivity index (χ1) is 17.2. The van der Waals surface area contributed by atoms with Crippen molar-refractivity contribution in [3.63, 3.8) is 0 Å². The lowest BCUT2D eigenvalue weighted by Crippen LogP contribution is -2.50. The van der Waals surface area contributed by atoms with E-state index in [0.29, 0.717) is 0 Å². The van der Waals surface area contributed by atoms with Gasteiger partial charge in [-0.25, -0.2) is 0 Å². The normalized spacial score (nSPS) is 13.7. The van der Waals surface area contributed by atoms with Gasteiger partial charge in [0.25, 0.3) is 0 Å². The molecule has 0 aromatic carbocycles. The fraction of sp³-hybridized carbons (Fsp3) is 0.969. The Labute approximate surface area is 226 Å². The van der Waals surface area contributed by atoms with E-state index in [-0.39, 0.29) is 6.42 Å². The molecule has 0 spiro atoms. The Morgan fingerprint density at radius 3 is 1.42 bits per heavy atom.